The molecule has 0 atom stereocenters. The average Bonchev–Trinajstić information content (AvgIpc) is 2.48. The number of alkyl halides is 3. The molecule has 23 heavy (non-hydrogen) atoms. The average molecular weight is 325 g/mol. The van der Waals surface area contributed by atoms with Crippen LogP contribution < -0.4 is 10.8 Å². The predicted octanol–water partition coefficient (Wildman–Crippen LogP) is 0.736. The first-order valence-electron chi connectivity index (χ1n) is 6.36. The second kappa shape index (κ2) is 6.35. The van der Waals surface area contributed by atoms with E-state index in [-0.39, 0.29) is 11.2 Å². The zero-order valence-electron chi connectivity index (χ0n) is 11.8. The zero-order valence-corrected chi connectivity index (χ0v) is 11.8. The number of carbonyl (C=O) groups is 1. The molecule has 0 radical (unpaired) electrons. The Morgan fingerprint density at radius 2 is 1.96 bits per heavy atom. The number of benzene rings is 1. The van der Waals surface area contributed by atoms with Gasteiger partial charge in [-0.1, -0.05) is 11.6 Å². The Balaban J connectivity index is 2.24. The lowest BCUT2D eigenvalue weighted by atomic mass is 9.77. The molecular formula is C13H11BF3N3O3. The number of aromatic nitrogens is 2. The standard InChI is InChI=1S/C13H11BF3N3O3/c1-7-2-3-9(5-10(7)14(22)23)19-12(21)11-4-8(6-18-20-11)13(15,16)17/h2-6,22-23H,1H3,(H,19,21). The molecule has 0 saturated carbocycles. The molecule has 1 heterocycles. The van der Waals surface area contributed by atoms with Gasteiger partial charge in [0, 0.05) is 5.69 Å². The molecule has 0 bridgehead atoms. The second-order valence-corrected chi connectivity index (χ2v) is 4.73. The topological polar surface area (TPSA) is 95.3 Å². The van der Waals surface area contributed by atoms with Gasteiger partial charge in [-0.25, -0.2) is 0 Å². The number of nitrogens with one attached hydrogen (secondary N) is 1. The molecule has 3 N–H and O–H groups in total. The van der Waals surface area contributed by atoms with Gasteiger partial charge in [-0.05, 0) is 30.6 Å². The quantitative estimate of drug-likeness (QED) is 0.724. The van der Waals surface area contributed by atoms with Gasteiger partial charge in [-0.15, -0.1) is 5.10 Å². The van der Waals surface area contributed by atoms with Crippen LogP contribution >= 0.6 is 0 Å². The van der Waals surface area contributed by atoms with Crippen LogP contribution in [0.15, 0.2) is 30.5 Å². The van der Waals surface area contributed by atoms with Gasteiger partial charge in [-0.3, -0.25) is 4.79 Å². The van der Waals surface area contributed by atoms with Gasteiger partial charge in [0.15, 0.2) is 5.69 Å². The normalized spacial score (nSPS) is 11.2. The van der Waals surface area contributed by atoms with E-state index >= 15 is 0 Å². The molecule has 0 unspecified atom stereocenters. The summed E-state index contributed by atoms with van der Waals surface area (Å²) < 4.78 is 37.8. The smallest absolute Gasteiger partial charge is 0.423 e. The first kappa shape index (κ1) is 16.9. The summed E-state index contributed by atoms with van der Waals surface area (Å²) in [7, 11) is -1.74. The first-order chi connectivity index (χ1) is 10.7. The van der Waals surface area contributed by atoms with Crippen LogP contribution in [-0.4, -0.2) is 33.3 Å². The van der Waals surface area contributed by atoms with Crippen molar-refractivity contribution < 1.29 is 28.0 Å². The van der Waals surface area contributed by atoms with Crippen LogP contribution in [0.5, 0.6) is 0 Å². The second-order valence-electron chi connectivity index (χ2n) is 4.73. The molecule has 0 saturated heterocycles. The van der Waals surface area contributed by atoms with Crippen molar-refractivity contribution in [1.29, 1.82) is 0 Å². The van der Waals surface area contributed by atoms with Gasteiger partial charge in [0.05, 0.1) is 11.8 Å². The number of nitrogens with zero attached hydrogens (tertiary/aromatic N) is 2. The summed E-state index contributed by atoms with van der Waals surface area (Å²) in [5.74, 6) is -0.897. The summed E-state index contributed by atoms with van der Waals surface area (Å²) in [6.45, 7) is 1.64. The van der Waals surface area contributed by atoms with Crippen molar-refractivity contribution in [2.24, 2.45) is 0 Å². The molecule has 6 nitrogen and oxygen atoms in total. The predicted molar refractivity (Wildman–Crippen MR) is 76.0 cm³/mol. The molecule has 10 heteroatoms. The number of rotatable bonds is 3. The van der Waals surface area contributed by atoms with E-state index in [0.717, 1.165) is 0 Å². The van der Waals surface area contributed by atoms with Crippen molar-refractivity contribution >= 4 is 24.2 Å². The summed E-state index contributed by atoms with van der Waals surface area (Å²) in [6, 6.07) is 4.89. The first-order valence-corrected chi connectivity index (χ1v) is 6.36. The number of amides is 1. The lowest BCUT2D eigenvalue weighted by molar-refractivity contribution is -0.137. The van der Waals surface area contributed by atoms with Crippen LogP contribution in [0.3, 0.4) is 0 Å². The van der Waals surface area contributed by atoms with Crippen molar-refractivity contribution in [1.82, 2.24) is 10.2 Å². The van der Waals surface area contributed by atoms with E-state index in [2.05, 4.69) is 15.5 Å². The van der Waals surface area contributed by atoms with Crippen molar-refractivity contribution in [3.63, 3.8) is 0 Å². The van der Waals surface area contributed by atoms with E-state index < -0.39 is 30.5 Å². The van der Waals surface area contributed by atoms with E-state index in [1.165, 1.54) is 18.2 Å². The van der Waals surface area contributed by atoms with Gasteiger partial charge < -0.3 is 15.4 Å². The van der Waals surface area contributed by atoms with Gasteiger partial charge in [0.1, 0.15) is 0 Å². The molecule has 120 valence electrons. The fraction of sp³-hybridized carbons (Fsp3) is 0.154. The maximum Gasteiger partial charge on any atom is 0.488 e. The monoisotopic (exact) mass is 325 g/mol. The molecule has 1 aromatic heterocycles. The Kier molecular flexibility index (Phi) is 4.67. The summed E-state index contributed by atoms with van der Waals surface area (Å²) in [6.07, 6.45) is -4.12. The number of halogens is 3. The maximum absolute atomic E-state index is 12.6. The Bertz CT molecular complexity index is 738. The highest BCUT2D eigenvalue weighted by Gasteiger charge is 2.32. The third-order valence-electron chi connectivity index (χ3n) is 3.03. The van der Waals surface area contributed by atoms with E-state index in [9.17, 15) is 28.0 Å². The Hall–Kier alpha value is -2.46. The third-order valence-corrected chi connectivity index (χ3v) is 3.03. The largest absolute Gasteiger partial charge is 0.488 e. The van der Waals surface area contributed by atoms with Gasteiger partial charge in [-0.2, -0.15) is 18.3 Å². The third kappa shape index (κ3) is 4.05. The minimum absolute atomic E-state index is 0.165. The lowest BCUT2D eigenvalue weighted by Gasteiger charge is -2.10. The van der Waals surface area contributed by atoms with Crippen molar-refractivity contribution in [3.05, 3.63) is 47.3 Å². The number of hydrogen-bond donors (Lipinski definition) is 3. The maximum atomic E-state index is 12.6. The number of anilines is 1. The highest BCUT2D eigenvalue weighted by atomic mass is 19.4. The minimum Gasteiger partial charge on any atom is -0.423 e. The summed E-state index contributed by atoms with van der Waals surface area (Å²) in [4.78, 5) is 12.0. The molecule has 2 rings (SSSR count). The Morgan fingerprint density at radius 3 is 2.57 bits per heavy atom. The summed E-state index contributed by atoms with van der Waals surface area (Å²) in [5.41, 5.74) is -0.669. The van der Waals surface area contributed by atoms with Gasteiger partial charge in [0.2, 0.25) is 0 Å². The van der Waals surface area contributed by atoms with Crippen LogP contribution in [0, 0.1) is 6.92 Å². The van der Waals surface area contributed by atoms with Crippen LogP contribution in [0.2, 0.25) is 0 Å². The van der Waals surface area contributed by atoms with E-state index in [1.807, 2.05) is 0 Å². The molecule has 1 aromatic carbocycles. The van der Waals surface area contributed by atoms with E-state index in [0.29, 0.717) is 17.8 Å². The fourth-order valence-electron chi connectivity index (χ4n) is 1.82. The molecule has 1 amide bonds. The molecule has 0 aliphatic rings. The zero-order chi connectivity index (χ0) is 17.2. The van der Waals surface area contributed by atoms with Gasteiger partial charge >= 0.3 is 13.3 Å². The van der Waals surface area contributed by atoms with E-state index in [4.69, 9.17) is 0 Å². The lowest BCUT2D eigenvalue weighted by Crippen LogP contribution is -2.32. The number of hydrogen-bond acceptors (Lipinski definition) is 5. The number of carbonyl (C=O) groups excluding carboxylic acids is 1. The minimum atomic E-state index is -4.64. The molecule has 2 aromatic rings. The molecular weight excluding hydrogens is 314 g/mol. The molecule has 0 aliphatic carbocycles. The van der Waals surface area contributed by atoms with Crippen LogP contribution in [0.25, 0.3) is 0 Å². The summed E-state index contributed by atoms with van der Waals surface area (Å²) >= 11 is 0. The molecule has 0 fully saturated rings. The van der Waals surface area contributed by atoms with Crippen molar-refractivity contribution in [2.75, 3.05) is 5.32 Å². The Labute approximate surface area is 129 Å². The number of aryl methyl sites for hydroxylation is 1. The van der Waals surface area contributed by atoms with Crippen LogP contribution in [0.4, 0.5) is 18.9 Å². The highest BCUT2D eigenvalue weighted by molar-refractivity contribution is 6.59. The van der Waals surface area contributed by atoms with E-state index in [1.54, 1.807) is 6.92 Å². The van der Waals surface area contributed by atoms with Crippen molar-refractivity contribution in [3.8, 4) is 0 Å². The summed E-state index contributed by atoms with van der Waals surface area (Å²) in [5, 5.41) is 27.3. The fourth-order valence-corrected chi connectivity index (χ4v) is 1.82. The SMILES string of the molecule is Cc1ccc(NC(=O)c2cc(C(F)(F)F)cnn2)cc1B(O)O. The van der Waals surface area contributed by atoms with Gasteiger partial charge in [0.25, 0.3) is 5.91 Å². The van der Waals surface area contributed by atoms with Crippen LogP contribution in [0.1, 0.15) is 21.6 Å². The Morgan fingerprint density at radius 1 is 1.26 bits per heavy atom. The van der Waals surface area contributed by atoms with Crippen LogP contribution in [-0.2, 0) is 6.18 Å². The molecule has 0 aliphatic heterocycles. The highest BCUT2D eigenvalue weighted by Crippen LogP contribution is 2.28. The van der Waals surface area contributed by atoms with Crippen molar-refractivity contribution in [2.45, 2.75) is 13.1 Å². The molecule has 0 spiro atoms.